The summed E-state index contributed by atoms with van der Waals surface area (Å²) in [6.45, 7) is 4.03. The quantitative estimate of drug-likeness (QED) is 0.282. The van der Waals surface area contributed by atoms with E-state index in [0.29, 0.717) is 0 Å². The molecule has 0 aliphatic heterocycles. The van der Waals surface area contributed by atoms with E-state index in [4.69, 9.17) is 15.0 Å². The van der Waals surface area contributed by atoms with Crippen molar-refractivity contribution >= 4 is 11.3 Å². The number of hydrogen-bond donors (Lipinski definition) is 0. The van der Waals surface area contributed by atoms with Crippen LogP contribution < -0.4 is 0 Å². The molecule has 0 bridgehead atoms. The fourth-order valence-electron chi connectivity index (χ4n) is 4.97. The largest absolute Gasteiger partial charge is 0.245 e. The van der Waals surface area contributed by atoms with Crippen LogP contribution in [0.1, 0.15) is 11.4 Å². The van der Waals surface area contributed by atoms with E-state index in [1.165, 1.54) is 0 Å². The molecule has 7 nitrogen and oxygen atoms in total. The van der Waals surface area contributed by atoms with Crippen molar-refractivity contribution in [2.24, 2.45) is 0 Å². The van der Waals surface area contributed by atoms with Crippen molar-refractivity contribution in [3.8, 4) is 45.0 Å². The average Bonchev–Trinajstić information content (AvgIpc) is 3.48. The minimum Gasteiger partial charge on any atom is -0.245 e. The number of hydrogen-bond acceptors (Lipinski definition) is 5. The molecule has 0 fully saturated rings. The highest BCUT2D eigenvalue weighted by Crippen LogP contribution is 2.30. The molecule has 0 radical (unpaired) electrons. The summed E-state index contributed by atoms with van der Waals surface area (Å²) < 4.78 is 3.65. The highest BCUT2D eigenvalue weighted by atomic mass is 15.3. The zero-order valence-corrected chi connectivity index (χ0v) is 20.9. The Morgan fingerprint density at radius 2 is 0.868 bits per heavy atom. The second-order valence-corrected chi connectivity index (χ2v) is 9.22. The summed E-state index contributed by atoms with van der Waals surface area (Å²) in [5, 5.41) is 9.34. The van der Waals surface area contributed by atoms with Gasteiger partial charge in [0, 0.05) is 23.5 Å². The van der Waals surface area contributed by atoms with Crippen molar-refractivity contribution < 1.29 is 0 Å². The molecule has 0 saturated heterocycles. The van der Waals surface area contributed by atoms with Crippen LogP contribution in [0.5, 0.6) is 0 Å². The standard InChI is InChI=1S/C31H23N7/c1-20-28(22-10-5-3-6-11-22)30-33-26(16-18-37(30)35-20)24-14-9-15-25(32-24)27-17-19-38-31(34-27)29(21(2)36-38)23-12-7-4-8-13-23/h3-19H,1-2H3. The average molecular weight is 494 g/mol. The molecule has 7 rings (SSSR count). The third-order valence-corrected chi connectivity index (χ3v) is 6.72. The van der Waals surface area contributed by atoms with Gasteiger partial charge in [0.1, 0.15) is 0 Å². The van der Waals surface area contributed by atoms with Gasteiger partial charge in [0.05, 0.1) is 34.2 Å². The van der Waals surface area contributed by atoms with Crippen LogP contribution in [0.4, 0.5) is 0 Å². The number of nitrogens with zero attached hydrogens (tertiary/aromatic N) is 7. The van der Waals surface area contributed by atoms with Gasteiger partial charge in [0.2, 0.25) is 0 Å². The van der Waals surface area contributed by atoms with E-state index < -0.39 is 0 Å². The Balaban J connectivity index is 1.33. The Morgan fingerprint density at radius 3 is 1.32 bits per heavy atom. The van der Waals surface area contributed by atoms with Gasteiger partial charge in [-0.25, -0.2) is 24.0 Å². The maximum absolute atomic E-state index is 4.99. The van der Waals surface area contributed by atoms with Gasteiger partial charge in [-0.2, -0.15) is 10.2 Å². The Labute approximate surface area is 219 Å². The molecule has 38 heavy (non-hydrogen) atoms. The number of aryl methyl sites for hydroxylation is 2. The lowest BCUT2D eigenvalue weighted by Gasteiger charge is -2.07. The van der Waals surface area contributed by atoms with Crippen LogP contribution in [-0.2, 0) is 0 Å². The number of rotatable bonds is 4. The van der Waals surface area contributed by atoms with E-state index in [9.17, 15) is 0 Å². The zero-order valence-electron chi connectivity index (χ0n) is 20.9. The van der Waals surface area contributed by atoms with Crippen LogP contribution in [0.3, 0.4) is 0 Å². The van der Waals surface area contributed by atoms with Crippen LogP contribution >= 0.6 is 0 Å². The summed E-state index contributed by atoms with van der Waals surface area (Å²) >= 11 is 0. The fraction of sp³-hybridized carbons (Fsp3) is 0.0645. The molecule has 0 N–H and O–H groups in total. The summed E-state index contributed by atoms with van der Waals surface area (Å²) in [7, 11) is 0. The van der Waals surface area contributed by atoms with E-state index in [-0.39, 0.29) is 0 Å². The van der Waals surface area contributed by atoms with E-state index in [1.807, 2.05) is 102 Å². The van der Waals surface area contributed by atoms with Crippen molar-refractivity contribution in [1.82, 2.24) is 34.2 Å². The van der Waals surface area contributed by atoms with Crippen LogP contribution in [-0.4, -0.2) is 34.2 Å². The highest BCUT2D eigenvalue weighted by molar-refractivity contribution is 5.82. The van der Waals surface area contributed by atoms with E-state index in [1.54, 1.807) is 0 Å². The predicted octanol–water partition coefficient (Wildman–Crippen LogP) is 6.45. The SMILES string of the molecule is Cc1nn2ccc(-c3cccc(-c4ccn5nc(C)c(-c6ccccc6)c5n4)n3)nc2c1-c1ccccc1. The number of pyridine rings is 1. The van der Waals surface area contributed by atoms with E-state index in [2.05, 4.69) is 34.5 Å². The monoisotopic (exact) mass is 493 g/mol. The molecule has 0 spiro atoms. The molecule has 0 amide bonds. The summed E-state index contributed by atoms with van der Waals surface area (Å²) in [4.78, 5) is 14.9. The van der Waals surface area contributed by atoms with Crippen LogP contribution in [0.15, 0.2) is 103 Å². The summed E-state index contributed by atoms with van der Waals surface area (Å²) in [6, 6.07) is 30.3. The van der Waals surface area contributed by atoms with Gasteiger partial charge in [-0.3, -0.25) is 0 Å². The van der Waals surface area contributed by atoms with Crippen molar-refractivity contribution in [2.45, 2.75) is 13.8 Å². The predicted molar refractivity (Wildman–Crippen MR) is 149 cm³/mol. The maximum Gasteiger partial charge on any atom is 0.163 e. The molecular formula is C31H23N7. The van der Waals surface area contributed by atoms with Crippen molar-refractivity contribution in [3.05, 3.63) is 115 Å². The molecule has 0 aliphatic rings. The Morgan fingerprint density at radius 1 is 0.447 bits per heavy atom. The Bertz CT molecular complexity index is 1800. The first-order valence-corrected chi connectivity index (χ1v) is 12.5. The molecule has 7 aromatic rings. The molecule has 0 saturated carbocycles. The molecule has 5 heterocycles. The van der Waals surface area contributed by atoms with Gasteiger partial charge < -0.3 is 0 Å². The first-order chi connectivity index (χ1) is 18.7. The van der Waals surface area contributed by atoms with Crippen molar-refractivity contribution in [1.29, 1.82) is 0 Å². The van der Waals surface area contributed by atoms with E-state index >= 15 is 0 Å². The number of fused-ring (bicyclic) bond motifs is 2. The van der Waals surface area contributed by atoms with Gasteiger partial charge >= 0.3 is 0 Å². The molecule has 0 atom stereocenters. The molecular weight excluding hydrogens is 470 g/mol. The summed E-state index contributed by atoms with van der Waals surface area (Å²) in [6.07, 6.45) is 3.88. The molecule has 0 unspecified atom stereocenters. The lowest BCUT2D eigenvalue weighted by Crippen LogP contribution is -1.97. The van der Waals surface area contributed by atoms with Crippen molar-refractivity contribution in [3.63, 3.8) is 0 Å². The summed E-state index contributed by atoms with van der Waals surface area (Å²) in [5.74, 6) is 0. The minimum atomic E-state index is 0.775. The fourth-order valence-corrected chi connectivity index (χ4v) is 4.97. The first kappa shape index (κ1) is 22.1. The highest BCUT2D eigenvalue weighted by Gasteiger charge is 2.16. The molecule has 5 aromatic heterocycles. The number of aromatic nitrogens is 7. The van der Waals surface area contributed by atoms with Crippen molar-refractivity contribution in [2.75, 3.05) is 0 Å². The zero-order chi connectivity index (χ0) is 25.6. The van der Waals surface area contributed by atoms with Crippen LogP contribution in [0, 0.1) is 13.8 Å². The van der Waals surface area contributed by atoms with Gasteiger partial charge in [-0.05, 0) is 49.2 Å². The Hall–Kier alpha value is -5.17. The van der Waals surface area contributed by atoms with Crippen LogP contribution in [0.25, 0.3) is 56.3 Å². The molecule has 7 heteroatoms. The normalized spacial score (nSPS) is 11.4. The number of benzene rings is 2. The minimum absolute atomic E-state index is 0.775. The molecule has 182 valence electrons. The van der Waals surface area contributed by atoms with Gasteiger partial charge in [0.25, 0.3) is 0 Å². The Kier molecular flexibility index (Phi) is 5.07. The molecule has 0 aliphatic carbocycles. The molecule has 2 aromatic carbocycles. The second kappa shape index (κ2) is 8.74. The lowest BCUT2D eigenvalue weighted by molar-refractivity contribution is 0.916. The third-order valence-electron chi connectivity index (χ3n) is 6.72. The first-order valence-electron chi connectivity index (χ1n) is 12.5. The van der Waals surface area contributed by atoms with E-state index in [0.717, 1.165) is 67.7 Å². The lowest BCUT2D eigenvalue weighted by atomic mass is 10.1. The second-order valence-electron chi connectivity index (χ2n) is 9.22. The maximum atomic E-state index is 4.99. The van der Waals surface area contributed by atoms with Gasteiger partial charge in [0.15, 0.2) is 11.3 Å². The summed E-state index contributed by atoms with van der Waals surface area (Å²) in [5.41, 5.74) is 10.8. The third kappa shape index (κ3) is 3.64. The van der Waals surface area contributed by atoms with Crippen LogP contribution in [0.2, 0.25) is 0 Å². The van der Waals surface area contributed by atoms with Gasteiger partial charge in [-0.1, -0.05) is 66.7 Å². The smallest absolute Gasteiger partial charge is 0.163 e. The topological polar surface area (TPSA) is 73.3 Å². The van der Waals surface area contributed by atoms with Gasteiger partial charge in [-0.15, -0.1) is 0 Å².